The Morgan fingerprint density at radius 1 is 1.29 bits per heavy atom. The lowest BCUT2D eigenvalue weighted by atomic mass is 10.0. The number of imidazole rings is 1. The Kier molecular flexibility index (Phi) is 3.01. The lowest BCUT2D eigenvalue weighted by Gasteiger charge is -2.10. The molecule has 0 radical (unpaired) electrons. The van der Waals surface area contributed by atoms with Crippen LogP contribution in [0.2, 0.25) is 0 Å². The molecule has 1 heterocycles. The van der Waals surface area contributed by atoms with Crippen LogP contribution in [0.15, 0.2) is 18.3 Å². The maximum atomic E-state index is 5.33. The van der Waals surface area contributed by atoms with E-state index in [0.717, 1.165) is 28.1 Å². The molecule has 0 aliphatic heterocycles. The Hall–Kier alpha value is -2.01. The highest BCUT2D eigenvalue weighted by Crippen LogP contribution is 2.29. The molecule has 0 saturated carbocycles. The summed E-state index contributed by atoms with van der Waals surface area (Å²) in [6.45, 7) is 4.04. The van der Waals surface area contributed by atoms with Crippen molar-refractivity contribution in [3.05, 3.63) is 29.5 Å². The lowest BCUT2D eigenvalue weighted by Crippen LogP contribution is -2.07. The number of benzene rings is 1. The van der Waals surface area contributed by atoms with E-state index in [-0.39, 0.29) is 0 Å². The number of nitrogen functional groups attached to an aromatic ring is 1. The van der Waals surface area contributed by atoms with Crippen molar-refractivity contribution in [3.63, 3.8) is 0 Å². The minimum atomic E-state index is 0.547. The van der Waals surface area contributed by atoms with Crippen molar-refractivity contribution in [2.75, 3.05) is 12.5 Å². The van der Waals surface area contributed by atoms with Crippen LogP contribution in [0, 0.1) is 13.8 Å². The maximum Gasteiger partial charge on any atom is 0.215 e. The predicted molar refractivity (Wildman–Crippen MR) is 67.9 cm³/mol. The lowest BCUT2D eigenvalue weighted by molar-refractivity contribution is 0.408. The standard InChI is InChI=1S/C12H16N4O/c1-7-4-9(5-8(2)11(7)17-3)10-6-14-12(15-10)16-13/h4-6H,13H2,1-3H3,(H2,14,15,16). The van der Waals surface area contributed by atoms with Gasteiger partial charge < -0.3 is 9.72 Å². The highest BCUT2D eigenvalue weighted by Gasteiger charge is 2.08. The monoisotopic (exact) mass is 232 g/mol. The smallest absolute Gasteiger partial charge is 0.215 e. The molecule has 0 atom stereocenters. The van der Waals surface area contributed by atoms with Crippen LogP contribution in [0.1, 0.15) is 11.1 Å². The van der Waals surface area contributed by atoms with Gasteiger partial charge in [0.25, 0.3) is 0 Å². The second-order valence-electron chi connectivity index (χ2n) is 3.93. The summed E-state index contributed by atoms with van der Waals surface area (Å²) < 4.78 is 5.33. The molecule has 0 spiro atoms. The number of anilines is 1. The number of methoxy groups -OCH3 is 1. The quantitative estimate of drug-likeness (QED) is 0.558. The highest BCUT2D eigenvalue weighted by molar-refractivity contribution is 5.64. The fraction of sp³-hybridized carbons (Fsp3) is 0.250. The van der Waals surface area contributed by atoms with Crippen molar-refractivity contribution >= 4 is 5.95 Å². The van der Waals surface area contributed by atoms with E-state index in [1.54, 1.807) is 13.3 Å². The average molecular weight is 232 g/mol. The summed E-state index contributed by atoms with van der Waals surface area (Å²) in [6.07, 6.45) is 1.75. The van der Waals surface area contributed by atoms with E-state index in [1.807, 2.05) is 13.8 Å². The molecule has 0 aliphatic carbocycles. The Balaban J connectivity index is 2.46. The molecule has 0 unspecified atom stereocenters. The fourth-order valence-corrected chi connectivity index (χ4v) is 1.97. The van der Waals surface area contributed by atoms with Crippen molar-refractivity contribution < 1.29 is 4.74 Å². The van der Waals surface area contributed by atoms with Gasteiger partial charge in [-0.3, -0.25) is 5.43 Å². The summed E-state index contributed by atoms with van der Waals surface area (Å²) in [4.78, 5) is 7.17. The summed E-state index contributed by atoms with van der Waals surface area (Å²) in [6, 6.07) is 4.11. The number of nitrogens with zero attached hydrogens (tertiary/aromatic N) is 1. The van der Waals surface area contributed by atoms with E-state index in [0.29, 0.717) is 5.95 Å². The summed E-state index contributed by atoms with van der Waals surface area (Å²) in [7, 11) is 1.68. The molecule has 17 heavy (non-hydrogen) atoms. The Morgan fingerprint density at radius 3 is 2.41 bits per heavy atom. The first-order valence-electron chi connectivity index (χ1n) is 5.33. The zero-order valence-corrected chi connectivity index (χ0v) is 10.2. The van der Waals surface area contributed by atoms with Crippen LogP contribution < -0.4 is 16.0 Å². The van der Waals surface area contributed by atoms with E-state index in [2.05, 4.69) is 27.5 Å². The molecule has 5 nitrogen and oxygen atoms in total. The number of aromatic nitrogens is 2. The van der Waals surface area contributed by atoms with Gasteiger partial charge in [-0.15, -0.1) is 0 Å². The number of nitrogens with one attached hydrogen (secondary N) is 2. The molecule has 1 aromatic carbocycles. The average Bonchev–Trinajstić information content (AvgIpc) is 2.77. The number of hydrogen-bond donors (Lipinski definition) is 3. The molecule has 2 rings (SSSR count). The van der Waals surface area contributed by atoms with Gasteiger partial charge in [-0.1, -0.05) is 0 Å². The Morgan fingerprint density at radius 2 is 1.94 bits per heavy atom. The van der Waals surface area contributed by atoms with E-state index >= 15 is 0 Å². The molecule has 0 saturated heterocycles. The highest BCUT2D eigenvalue weighted by atomic mass is 16.5. The van der Waals surface area contributed by atoms with Crippen LogP contribution in [-0.2, 0) is 0 Å². The third-order valence-electron chi connectivity index (χ3n) is 2.69. The van der Waals surface area contributed by atoms with Crippen molar-refractivity contribution in [2.45, 2.75) is 13.8 Å². The predicted octanol–water partition coefficient (Wildman–Crippen LogP) is 1.99. The van der Waals surface area contributed by atoms with E-state index < -0.39 is 0 Å². The molecular weight excluding hydrogens is 216 g/mol. The number of rotatable bonds is 3. The first-order chi connectivity index (χ1) is 8.15. The Bertz CT molecular complexity index is 510. The van der Waals surface area contributed by atoms with Crippen molar-refractivity contribution in [1.29, 1.82) is 0 Å². The second-order valence-corrected chi connectivity index (χ2v) is 3.93. The van der Waals surface area contributed by atoms with E-state index in [4.69, 9.17) is 10.6 Å². The van der Waals surface area contributed by atoms with Gasteiger partial charge in [0, 0.05) is 5.56 Å². The van der Waals surface area contributed by atoms with Crippen LogP contribution in [0.3, 0.4) is 0 Å². The molecule has 0 fully saturated rings. The van der Waals surface area contributed by atoms with Crippen molar-refractivity contribution in [2.24, 2.45) is 5.84 Å². The van der Waals surface area contributed by atoms with Gasteiger partial charge in [0.05, 0.1) is 19.0 Å². The van der Waals surface area contributed by atoms with Gasteiger partial charge in [-0.25, -0.2) is 10.8 Å². The number of ether oxygens (including phenoxy) is 1. The van der Waals surface area contributed by atoms with E-state index in [1.165, 1.54) is 0 Å². The normalized spacial score (nSPS) is 10.4. The Labute approximate surface area is 100.0 Å². The number of aryl methyl sites for hydroxylation is 2. The molecule has 5 heteroatoms. The van der Waals surface area contributed by atoms with Crippen LogP contribution in [0.4, 0.5) is 5.95 Å². The van der Waals surface area contributed by atoms with Gasteiger partial charge >= 0.3 is 0 Å². The van der Waals surface area contributed by atoms with Gasteiger partial charge in [0.1, 0.15) is 5.75 Å². The molecule has 0 aliphatic rings. The number of hydrazine groups is 1. The number of hydrogen-bond acceptors (Lipinski definition) is 4. The summed E-state index contributed by atoms with van der Waals surface area (Å²) in [5.41, 5.74) is 6.66. The van der Waals surface area contributed by atoms with Gasteiger partial charge in [0.2, 0.25) is 5.95 Å². The third kappa shape index (κ3) is 2.09. The van der Waals surface area contributed by atoms with Crippen molar-refractivity contribution in [3.8, 4) is 17.0 Å². The second kappa shape index (κ2) is 4.47. The molecule has 90 valence electrons. The summed E-state index contributed by atoms with van der Waals surface area (Å²) in [5, 5.41) is 0. The minimum Gasteiger partial charge on any atom is -0.496 e. The molecule has 0 bridgehead atoms. The molecule has 4 N–H and O–H groups in total. The fourth-order valence-electron chi connectivity index (χ4n) is 1.97. The molecule has 2 aromatic rings. The molecule has 0 amide bonds. The van der Waals surface area contributed by atoms with Crippen LogP contribution in [0.5, 0.6) is 5.75 Å². The number of H-pyrrole nitrogens is 1. The molecule has 1 aromatic heterocycles. The summed E-state index contributed by atoms with van der Waals surface area (Å²) >= 11 is 0. The summed E-state index contributed by atoms with van der Waals surface area (Å²) in [5.74, 6) is 6.75. The number of nitrogens with two attached hydrogens (primary N) is 1. The third-order valence-corrected chi connectivity index (χ3v) is 2.69. The van der Waals surface area contributed by atoms with Crippen LogP contribution >= 0.6 is 0 Å². The first kappa shape index (κ1) is 11.5. The zero-order chi connectivity index (χ0) is 12.4. The maximum absolute atomic E-state index is 5.33. The van der Waals surface area contributed by atoms with Crippen LogP contribution in [-0.4, -0.2) is 17.1 Å². The number of aromatic amines is 1. The van der Waals surface area contributed by atoms with Crippen molar-refractivity contribution in [1.82, 2.24) is 9.97 Å². The first-order valence-corrected chi connectivity index (χ1v) is 5.33. The SMILES string of the molecule is COc1c(C)cc(-c2cnc(NN)[nH]2)cc1C. The molecular formula is C12H16N4O. The zero-order valence-electron chi connectivity index (χ0n) is 10.2. The van der Waals surface area contributed by atoms with Gasteiger partial charge in [0.15, 0.2) is 0 Å². The van der Waals surface area contributed by atoms with Gasteiger partial charge in [-0.2, -0.15) is 0 Å². The van der Waals surface area contributed by atoms with Gasteiger partial charge in [-0.05, 0) is 37.1 Å². The van der Waals surface area contributed by atoms with Crippen LogP contribution in [0.25, 0.3) is 11.3 Å². The topological polar surface area (TPSA) is 76.0 Å². The van der Waals surface area contributed by atoms with E-state index in [9.17, 15) is 0 Å². The largest absolute Gasteiger partial charge is 0.496 e. The minimum absolute atomic E-state index is 0.547.